The predicted octanol–water partition coefficient (Wildman–Crippen LogP) is 22.5. The highest BCUT2D eigenvalue weighted by molar-refractivity contribution is 5.76. The van der Waals surface area contributed by atoms with Crippen LogP contribution in [0.15, 0.2) is 24.3 Å². The number of hydrogen-bond donors (Lipinski definition) is 3. The molecular weight excluding hydrogens is 947 g/mol. The van der Waals surface area contributed by atoms with Crippen LogP contribution < -0.4 is 5.32 Å². The number of aliphatic hydroxyl groups is 2. The lowest BCUT2D eigenvalue weighted by Gasteiger charge is -2.22. The van der Waals surface area contributed by atoms with Crippen LogP contribution in [0.2, 0.25) is 0 Å². The normalized spacial score (nSPS) is 12.6. The lowest BCUT2D eigenvalue weighted by Crippen LogP contribution is -2.45. The van der Waals surface area contributed by atoms with Crippen molar-refractivity contribution < 1.29 is 24.5 Å². The molecule has 0 aromatic heterocycles. The molecule has 1 amide bonds. The second-order valence-corrected chi connectivity index (χ2v) is 24.2. The van der Waals surface area contributed by atoms with E-state index in [1.54, 1.807) is 0 Å². The van der Waals surface area contributed by atoms with Crippen LogP contribution in [0.1, 0.15) is 393 Å². The van der Waals surface area contributed by atoms with Gasteiger partial charge in [0.25, 0.3) is 0 Å². The Balaban J connectivity index is 3.38. The highest BCUT2D eigenvalue weighted by atomic mass is 16.5. The highest BCUT2D eigenvalue weighted by Crippen LogP contribution is 2.19. The number of hydrogen-bond acceptors (Lipinski definition) is 5. The lowest BCUT2D eigenvalue weighted by atomic mass is 10.0. The number of rotatable bonds is 66. The fraction of sp³-hybridized carbons (Fsp3) is 0.915. The number of carbonyl (C=O) groups is 2. The Labute approximate surface area is 481 Å². The summed E-state index contributed by atoms with van der Waals surface area (Å²) in [6.45, 7) is 4.96. The van der Waals surface area contributed by atoms with Crippen LogP contribution >= 0.6 is 0 Å². The van der Waals surface area contributed by atoms with Crippen molar-refractivity contribution in [3.05, 3.63) is 24.3 Å². The Kier molecular flexibility index (Phi) is 65.4. The molecule has 0 aromatic rings. The van der Waals surface area contributed by atoms with Gasteiger partial charge in [-0.1, -0.05) is 346 Å². The van der Waals surface area contributed by atoms with E-state index in [0.717, 1.165) is 51.4 Å². The third-order valence-electron chi connectivity index (χ3n) is 16.5. The van der Waals surface area contributed by atoms with E-state index in [2.05, 4.69) is 43.5 Å². The molecule has 0 radical (unpaired) electrons. The highest BCUT2D eigenvalue weighted by Gasteiger charge is 2.20. The second-order valence-electron chi connectivity index (χ2n) is 24.2. The Bertz CT molecular complexity index is 1200. The largest absolute Gasteiger partial charge is 0.466 e. The molecule has 2 atom stereocenters. The standard InChI is InChI=1S/C71H137NO5/c1-3-5-7-9-11-13-15-17-19-21-22-25-28-32-35-39-43-47-51-55-59-63-69(74)68(67-73)72-70(75)64-60-56-52-48-44-40-36-33-29-26-23-24-27-30-34-38-42-46-50-54-58-62-66-77-71(76)65-61-57-53-49-45-41-37-31-20-18-16-14-12-10-8-6-4-2/h12,14,18,20,68-69,73-74H,3-11,13,15-17,19,21-67H2,1-2H3,(H,72,75)/b14-12-,20-18-. The lowest BCUT2D eigenvalue weighted by molar-refractivity contribution is -0.143. The van der Waals surface area contributed by atoms with E-state index < -0.39 is 12.1 Å². The fourth-order valence-corrected chi connectivity index (χ4v) is 11.1. The first-order chi connectivity index (χ1) is 38.0. The molecule has 0 saturated carbocycles. The molecule has 6 nitrogen and oxygen atoms in total. The van der Waals surface area contributed by atoms with Crippen molar-refractivity contribution >= 4 is 11.9 Å². The summed E-state index contributed by atoms with van der Waals surface area (Å²) < 4.78 is 5.50. The van der Waals surface area contributed by atoms with Crippen LogP contribution in [-0.4, -0.2) is 47.4 Å². The van der Waals surface area contributed by atoms with Crippen molar-refractivity contribution in [1.29, 1.82) is 0 Å². The van der Waals surface area contributed by atoms with Crippen molar-refractivity contribution in [1.82, 2.24) is 5.32 Å². The van der Waals surface area contributed by atoms with Gasteiger partial charge in [0.2, 0.25) is 5.91 Å². The van der Waals surface area contributed by atoms with Gasteiger partial charge in [0.15, 0.2) is 0 Å². The number of nitrogens with one attached hydrogen (secondary N) is 1. The number of ether oxygens (including phenoxy) is 1. The van der Waals surface area contributed by atoms with Crippen LogP contribution in [0, 0.1) is 0 Å². The first-order valence-corrected chi connectivity index (χ1v) is 35.1. The molecule has 0 aliphatic rings. The van der Waals surface area contributed by atoms with Gasteiger partial charge in [-0.15, -0.1) is 0 Å². The van der Waals surface area contributed by atoms with E-state index in [9.17, 15) is 19.8 Å². The van der Waals surface area contributed by atoms with Gasteiger partial charge in [-0.25, -0.2) is 0 Å². The maximum Gasteiger partial charge on any atom is 0.305 e. The zero-order chi connectivity index (χ0) is 55.7. The summed E-state index contributed by atoms with van der Waals surface area (Å²) in [5, 5.41) is 23.4. The second kappa shape index (κ2) is 66.8. The summed E-state index contributed by atoms with van der Waals surface area (Å²) in [7, 11) is 0. The van der Waals surface area contributed by atoms with Gasteiger partial charge in [0.05, 0.1) is 25.4 Å². The van der Waals surface area contributed by atoms with Gasteiger partial charge in [0, 0.05) is 12.8 Å². The molecule has 0 fully saturated rings. The molecule has 0 bridgehead atoms. The maximum atomic E-state index is 12.5. The van der Waals surface area contributed by atoms with E-state index in [1.807, 2.05) is 0 Å². The summed E-state index contributed by atoms with van der Waals surface area (Å²) in [5.74, 6) is -0.0244. The molecule has 0 spiro atoms. The van der Waals surface area contributed by atoms with Crippen molar-refractivity contribution in [2.24, 2.45) is 0 Å². The van der Waals surface area contributed by atoms with E-state index >= 15 is 0 Å². The molecule has 2 unspecified atom stereocenters. The van der Waals surface area contributed by atoms with Gasteiger partial charge in [-0.3, -0.25) is 9.59 Å². The van der Waals surface area contributed by atoms with Gasteiger partial charge in [-0.05, 0) is 57.8 Å². The van der Waals surface area contributed by atoms with Gasteiger partial charge in [0.1, 0.15) is 0 Å². The van der Waals surface area contributed by atoms with E-state index in [4.69, 9.17) is 4.74 Å². The first kappa shape index (κ1) is 75.3. The fourth-order valence-electron chi connectivity index (χ4n) is 11.1. The van der Waals surface area contributed by atoms with E-state index in [0.29, 0.717) is 25.9 Å². The molecule has 0 aliphatic carbocycles. The van der Waals surface area contributed by atoms with Crippen LogP contribution in [-0.2, 0) is 14.3 Å². The monoisotopic (exact) mass is 1080 g/mol. The van der Waals surface area contributed by atoms with Crippen molar-refractivity contribution in [3.8, 4) is 0 Å². The Morgan fingerprint density at radius 3 is 1.01 bits per heavy atom. The molecule has 0 saturated heterocycles. The first-order valence-electron chi connectivity index (χ1n) is 35.1. The average molecular weight is 1080 g/mol. The van der Waals surface area contributed by atoms with Crippen molar-refractivity contribution in [2.45, 2.75) is 405 Å². The molecule has 456 valence electrons. The summed E-state index contributed by atoms with van der Waals surface area (Å²) in [4.78, 5) is 24.6. The zero-order valence-corrected chi connectivity index (χ0v) is 52.2. The van der Waals surface area contributed by atoms with E-state index in [1.165, 1.54) is 308 Å². The average Bonchev–Trinajstić information content (AvgIpc) is 3.43. The predicted molar refractivity (Wildman–Crippen MR) is 338 cm³/mol. The van der Waals surface area contributed by atoms with Crippen LogP contribution in [0.3, 0.4) is 0 Å². The number of aliphatic hydroxyl groups excluding tert-OH is 2. The number of amides is 1. The summed E-state index contributed by atoms with van der Waals surface area (Å²) in [5.41, 5.74) is 0. The van der Waals surface area contributed by atoms with E-state index in [-0.39, 0.29) is 18.5 Å². The minimum Gasteiger partial charge on any atom is -0.466 e. The summed E-state index contributed by atoms with van der Waals surface area (Å²) >= 11 is 0. The van der Waals surface area contributed by atoms with Gasteiger partial charge < -0.3 is 20.3 Å². The third-order valence-corrected chi connectivity index (χ3v) is 16.5. The molecule has 0 aliphatic heterocycles. The number of carbonyl (C=O) groups excluding carboxylic acids is 2. The minimum absolute atomic E-state index is 0.00651. The smallest absolute Gasteiger partial charge is 0.305 e. The molecule has 77 heavy (non-hydrogen) atoms. The minimum atomic E-state index is -0.666. The molecule has 6 heteroatoms. The molecule has 0 rings (SSSR count). The van der Waals surface area contributed by atoms with Crippen LogP contribution in [0.4, 0.5) is 0 Å². The van der Waals surface area contributed by atoms with Crippen LogP contribution in [0.25, 0.3) is 0 Å². The maximum absolute atomic E-state index is 12.5. The summed E-state index contributed by atoms with van der Waals surface area (Å²) in [6, 6.07) is -0.543. The SMILES string of the molecule is CCCCC/C=C\C/C=C\CCCCCCCCCC(=O)OCCCCCCCCCCCCCCCCCCCCCCCCC(=O)NC(CO)C(O)CCCCCCCCCCCCCCCCCCCCCCC. The molecule has 0 aromatic carbocycles. The van der Waals surface area contributed by atoms with Gasteiger partial charge in [-0.2, -0.15) is 0 Å². The Morgan fingerprint density at radius 1 is 0.364 bits per heavy atom. The molecule has 0 heterocycles. The molecular formula is C71H137NO5. The number of allylic oxidation sites excluding steroid dienone is 4. The third kappa shape index (κ3) is 63.4. The number of unbranched alkanes of at least 4 members (excludes halogenated alkanes) is 51. The Hall–Kier alpha value is -1.66. The molecule has 3 N–H and O–H groups in total. The van der Waals surface area contributed by atoms with Crippen molar-refractivity contribution in [2.75, 3.05) is 13.2 Å². The van der Waals surface area contributed by atoms with Crippen molar-refractivity contribution in [3.63, 3.8) is 0 Å². The summed E-state index contributed by atoms with van der Waals surface area (Å²) in [6.07, 6.45) is 83.6. The van der Waals surface area contributed by atoms with Crippen LogP contribution in [0.5, 0.6) is 0 Å². The number of esters is 1. The zero-order valence-electron chi connectivity index (χ0n) is 52.2. The van der Waals surface area contributed by atoms with Gasteiger partial charge >= 0.3 is 5.97 Å². The topological polar surface area (TPSA) is 95.9 Å². The quantitative estimate of drug-likeness (QED) is 0.0320. The Morgan fingerprint density at radius 2 is 0.649 bits per heavy atom.